The Morgan fingerprint density at radius 2 is 2.41 bits per heavy atom. The highest BCUT2D eigenvalue weighted by Gasteiger charge is 2.31. The lowest BCUT2D eigenvalue weighted by atomic mass is 10.0. The van der Waals surface area contributed by atoms with Gasteiger partial charge >= 0.3 is 0 Å². The lowest BCUT2D eigenvalue weighted by Gasteiger charge is -2.37. The fraction of sp³-hybridized carbons (Fsp3) is 0.615. The number of carbonyl (C=O) groups is 1. The molecule has 0 spiro atoms. The van der Waals surface area contributed by atoms with Crippen LogP contribution in [0.25, 0.3) is 0 Å². The highest BCUT2D eigenvalue weighted by atomic mass is 32.1. The molecule has 1 fully saturated rings. The molecule has 2 heterocycles. The van der Waals surface area contributed by atoms with E-state index in [1.165, 1.54) is 0 Å². The van der Waals surface area contributed by atoms with Gasteiger partial charge in [0.1, 0.15) is 0 Å². The van der Waals surface area contributed by atoms with E-state index in [1.54, 1.807) is 11.3 Å². The molecule has 1 aromatic heterocycles. The summed E-state index contributed by atoms with van der Waals surface area (Å²) < 4.78 is 0. The van der Waals surface area contributed by atoms with E-state index in [0.29, 0.717) is 6.42 Å². The van der Waals surface area contributed by atoms with Crippen molar-refractivity contribution in [3.8, 4) is 0 Å². The first kappa shape index (κ1) is 12.6. The topological polar surface area (TPSA) is 32.3 Å². The molecule has 2 rings (SSSR count). The van der Waals surface area contributed by atoms with Gasteiger partial charge in [0, 0.05) is 23.5 Å². The molecular formula is C13H20N2OS. The summed E-state index contributed by atoms with van der Waals surface area (Å²) in [5, 5.41) is 5.42. The molecule has 1 N–H and O–H groups in total. The molecule has 0 bridgehead atoms. The van der Waals surface area contributed by atoms with Crippen molar-refractivity contribution in [2.24, 2.45) is 0 Å². The Bertz CT molecular complexity index is 373. The van der Waals surface area contributed by atoms with Crippen molar-refractivity contribution in [2.75, 3.05) is 19.6 Å². The Hall–Kier alpha value is -0.870. The van der Waals surface area contributed by atoms with Crippen molar-refractivity contribution in [3.63, 3.8) is 0 Å². The third kappa shape index (κ3) is 3.07. The Kier molecular flexibility index (Phi) is 3.84. The smallest absolute Gasteiger partial charge is 0.228 e. The second-order valence-corrected chi connectivity index (χ2v) is 6.18. The molecule has 0 aromatic carbocycles. The molecule has 0 aliphatic carbocycles. The molecule has 0 unspecified atom stereocenters. The van der Waals surface area contributed by atoms with Crippen LogP contribution in [-0.2, 0) is 11.2 Å². The predicted octanol–water partition coefficient (Wildman–Crippen LogP) is 1.89. The molecule has 1 aliphatic rings. The van der Waals surface area contributed by atoms with Gasteiger partial charge in [0.25, 0.3) is 0 Å². The Labute approximate surface area is 107 Å². The maximum atomic E-state index is 12.3. The Morgan fingerprint density at radius 3 is 3.12 bits per heavy atom. The summed E-state index contributed by atoms with van der Waals surface area (Å²) >= 11 is 1.66. The van der Waals surface area contributed by atoms with Crippen molar-refractivity contribution in [1.82, 2.24) is 10.2 Å². The summed E-state index contributed by atoms with van der Waals surface area (Å²) in [5.74, 6) is 0.251. The molecule has 1 saturated heterocycles. The minimum atomic E-state index is -0.0785. The van der Waals surface area contributed by atoms with Gasteiger partial charge in [0.15, 0.2) is 0 Å². The summed E-state index contributed by atoms with van der Waals surface area (Å²) in [6.07, 6.45) is 1.58. The SMILES string of the molecule is CC1(C)CNCCCN1C(=O)Cc1cccs1. The first-order chi connectivity index (χ1) is 8.09. The van der Waals surface area contributed by atoms with E-state index in [2.05, 4.69) is 19.2 Å². The van der Waals surface area contributed by atoms with Gasteiger partial charge < -0.3 is 10.2 Å². The van der Waals surface area contributed by atoms with E-state index in [9.17, 15) is 4.79 Å². The quantitative estimate of drug-likeness (QED) is 0.872. The van der Waals surface area contributed by atoms with Crippen molar-refractivity contribution in [3.05, 3.63) is 22.4 Å². The van der Waals surface area contributed by atoms with Gasteiger partial charge in [-0.2, -0.15) is 0 Å². The van der Waals surface area contributed by atoms with E-state index in [-0.39, 0.29) is 11.4 Å². The van der Waals surface area contributed by atoms with Crippen molar-refractivity contribution >= 4 is 17.2 Å². The zero-order chi connectivity index (χ0) is 12.3. The number of amides is 1. The molecule has 1 amide bonds. The minimum Gasteiger partial charge on any atom is -0.336 e. The maximum absolute atomic E-state index is 12.3. The van der Waals surface area contributed by atoms with E-state index in [4.69, 9.17) is 0 Å². The van der Waals surface area contributed by atoms with Crippen LogP contribution < -0.4 is 5.32 Å². The van der Waals surface area contributed by atoms with Crippen LogP contribution >= 0.6 is 11.3 Å². The molecule has 0 saturated carbocycles. The normalized spacial score (nSPS) is 20.0. The molecule has 94 valence electrons. The summed E-state index contributed by atoms with van der Waals surface area (Å²) in [6.45, 7) is 7.02. The number of rotatable bonds is 2. The third-order valence-electron chi connectivity index (χ3n) is 3.23. The molecule has 4 heteroatoms. The van der Waals surface area contributed by atoms with Crippen LogP contribution in [0, 0.1) is 0 Å². The van der Waals surface area contributed by atoms with Crippen LogP contribution in [0.15, 0.2) is 17.5 Å². The fourth-order valence-electron chi connectivity index (χ4n) is 2.27. The van der Waals surface area contributed by atoms with Crippen LogP contribution in [0.4, 0.5) is 0 Å². The largest absolute Gasteiger partial charge is 0.336 e. The van der Waals surface area contributed by atoms with Gasteiger partial charge in [-0.25, -0.2) is 0 Å². The third-order valence-corrected chi connectivity index (χ3v) is 4.11. The summed E-state index contributed by atoms with van der Waals surface area (Å²) in [7, 11) is 0. The van der Waals surface area contributed by atoms with E-state index < -0.39 is 0 Å². The maximum Gasteiger partial charge on any atom is 0.228 e. The second kappa shape index (κ2) is 5.19. The standard InChI is InChI=1S/C13H20N2OS/c1-13(2)10-14-6-4-7-15(13)12(16)9-11-5-3-8-17-11/h3,5,8,14H,4,6-7,9-10H2,1-2H3. The molecule has 3 nitrogen and oxygen atoms in total. The molecule has 17 heavy (non-hydrogen) atoms. The number of hydrogen-bond donors (Lipinski definition) is 1. The number of thiophene rings is 1. The molecule has 0 radical (unpaired) electrons. The van der Waals surface area contributed by atoms with Gasteiger partial charge in [-0.05, 0) is 38.3 Å². The van der Waals surface area contributed by atoms with E-state index in [0.717, 1.165) is 30.9 Å². The molecule has 1 aromatic rings. The van der Waals surface area contributed by atoms with E-state index >= 15 is 0 Å². The summed E-state index contributed by atoms with van der Waals surface area (Å²) in [6, 6.07) is 4.04. The number of nitrogens with zero attached hydrogens (tertiary/aromatic N) is 1. The number of hydrogen-bond acceptors (Lipinski definition) is 3. The van der Waals surface area contributed by atoms with E-state index in [1.807, 2.05) is 22.4 Å². The van der Waals surface area contributed by atoms with Crippen LogP contribution in [0.5, 0.6) is 0 Å². The van der Waals surface area contributed by atoms with Crippen molar-refractivity contribution in [2.45, 2.75) is 32.2 Å². The fourth-order valence-corrected chi connectivity index (χ4v) is 2.97. The molecule has 0 atom stereocenters. The lowest BCUT2D eigenvalue weighted by molar-refractivity contribution is -0.135. The molecular weight excluding hydrogens is 232 g/mol. The van der Waals surface area contributed by atoms with Crippen LogP contribution in [-0.4, -0.2) is 36.0 Å². The van der Waals surface area contributed by atoms with Gasteiger partial charge in [0.05, 0.1) is 6.42 Å². The van der Waals surface area contributed by atoms with Gasteiger partial charge in [-0.15, -0.1) is 11.3 Å². The van der Waals surface area contributed by atoms with Crippen molar-refractivity contribution in [1.29, 1.82) is 0 Å². The van der Waals surface area contributed by atoms with Crippen molar-refractivity contribution < 1.29 is 4.79 Å². The highest BCUT2D eigenvalue weighted by molar-refractivity contribution is 7.10. The number of carbonyl (C=O) groups excluding carboxylic acids is 1. The second-order valence-electron chi connectivity index (χ2n) is 5.14. The first-order valence-electron chi connectivity index (χ1n) is 6.13. The average molecular weight is 252 g/mol. The zero-order valence-corrected chi connectivity index (χ0v) is 11.3. The predicted molar refractivity (Wildman–Crippen MR) is 71.3 cm³/mol. The summed E-state index contributed by atoms with van der Waals surface area (Å²) in [4.78, 5) is 15.5. The summed E-state index contributed by atoms with van der Waals surface area (Å²) in [5.41, 5.74) is -0.0785. The van der Waals surface area contributed by atoms with Gasteiger partial charge in [-0.3, -0.25) is 4.79 Å². The van der Waals surface area contributed by atoms with Gasteiger partial charge in [-0.1, -0.05) is 6.07 Å². The van der Waals surface area contributed by atoms with Gasteiger partial charge in [0.2, 0.25) is 5.91 Å². The zero-order valence-electron chi connectivity index (χ0n) is 10.5. The highest BCUT2D eigenvalue weighted by Crippen LogP contribution is 2.19. The minimum absolute atomic E-state index is 0.0785. The van der Waals surface area contributed by atoms with Crippen LogP contribution in [0.1, 0.15) is 25.1 Å². The van der Waals surface area contributed by atoms with Crippen LogP contribution in [0.3, 0.4) is 0 Å². The Morgan fingerprint density at radius 1 is 1.59 bits per heavy atom. The average Bonchev–Trinajstić information content (AvgIpc) is 2.68. The Balaban J connectivity index is 2.06. The lowest BCUT2D eigenvalue weighted by Crippen LogP contribution is -2.51. The molecule has 1 aliphatic heterocycles. The number of nitrogens with one attached hydrogen (secondary N) is 1. The monoisotopic (exact) mass is 252 g/mol. The first-order valence-corrected chi connectivity index (χ1v) is 7.01. The van der Waals surface area contributed by atoms with Crippen LogP contribution in [0.2, 0.25) is 0 Å².